The minimum atomic E-state index is -0.457. The second-order valence-corrected chi connectivity index (χ2v) is 8.53. The van der Waals surface area contributed by atoms with E-state index in [9.17, 15) is 5.11 Å². The van der Waals surface area contributed by atoms with Gasteiger partial charge in [-0.15, -0.1) is 0 Å². The fourth-order valence-corrected chi connectivity index (χ4v) is 5.52. The number of aliphatic hydroxyl groups is 1. The molecule has 1 saturated heterocycles. The van der Waals surface area contributed by atoms with Crippen LogP contribution in [-0.2, 0) is 11.8 Å². The Balaban J connectivity index is 1.70. The zero-order valence-corrected chi connectivity index (χ0v) is 16.2. The molecule has 0 radical (unpaired) electrons. The second-order valence-electron chi connectivity index (χ2n) is 8.53. The van der Waals surface area contributed by atoms with E-state index in [0.29, 0.717) is 5.92 Å². The van der Waals surface area contributed by atoms with Gasteiger partial charge >= 0.3 is 0 Å². The predicted octanol–water partition coefficient (Wildman–Crippen LogP) is 3.35. The number of aromatic nitrogens is 2. The highest BCUT2D eigenvalue weighted by atomic mass is 16.3. The van der Waals surface area contributed by atoms with Crippen LogP contribution >= 0.6 is 0 Å². The molecule has 1 aliphatic carbocycles. The molecule has 2 atom stereocenters. The number of nitrogens with zero attached hydrogens (tertiary/aromatic N) is 3. The first-order chi connectivity index (χ1) is 13.1. The highest BCUT2D eigenvalue weighted by molar-refractivity contribution is 5.75. The predicted molar refractivity (Wildman–Crippen MR) is 107 cm³/mol. The normalized spacial score (nSPS) is 24.1. The maximum Gasteiger partial charge on any atom is 0.140 e. The lowest BCUT2D eigenvalue weighted by atomic mass is 9.72. The second kappa shape index (κ2) is 6.28. The van der Waals surface area contributed by atoms with Crippen molar-refractivity contribution in [1.82, 2.24) is 15.3 Å². The van der Waals surface area contributed by atoms with Gasteiger partial charge in [0, 0.05) is 28.9 Å². The van der Waals surface area contributed by atoms with Gasteiger partial charge in [-0.25, -0.2) is 9.97 Å². The summed E-state index contributed by atoms with van der Waals surface area (Å²) >= 11 is 0. The lowest BCUT2D eigenvalue weighted by Gasteiger charge is -2.36. The van der Waals surface area contributed by atoms with Crippen LogP contribution in [0.3, 0.4) is 0 Å². The fraction of sp³-hybridized carbons (Fsp3) is 0.545. The minimum Gasteiger partial charge on any atom is -0.389 e. The van der Waals surface area contributed by atoms with Gasteiger partial charge in [0.15, 0.2) is 0 Å². The van der Waals surface area contributed by atoms with Gasteiger partial charge in [-0.3, -0.25) is 0 Å². The molecule has 2 N–H and O–H groups in total. The molecule has 5 rings (SSSR count). The molecule has 2 unspecified atom stereocenters. The van der Waals surface area contributed by atoms with Crippen molar-refractivity contribution in [3.05, 3.63) is 46.9 Å². The van der Waals surface area contributed by atoms with E-state index in [0.717, 1.165) is 56.7 Å². The van der Waals surface area contributed by atoms with E-state index in [2.05, 4.69) is 40.3 Å². The average Bonchev–Trinajstić information content (AvgIpc) is 3.21. The Bertz CT molecular complexity index is 873. The molecule has 27 heavy (non-hydrogen) atoms. The maximum atomic E-state index is 10.5. The van der Waals surface area contributed by atoms with Crippen molar-refractivity contribution in [2.45, 2.75) is 57.0 Å². The number of anilines is 2. The third-order valence-corrected chi connectivity index (χ3v) is 6.88. The third kappa shape index (κ3) is 2.52. The summed E-state index contributed by atoms with van der Waals surface area (Å²) in [4.78, 5) is 11.8. The number of hydrogen-bond acceptors (Lipinski definition) is 5. The van der Waals surface area contributed by atoms with Crippen molar-refractivity contribution >= 4 is 11.5 Å². The summed E-state index contributed by atoms with van der Waals surface area (Å²) in [6, 6.07) is 6.40. The maximum absolute atomic E-state index is 10.5. The SMILES string of the molecule is CC(O)c1cccc2c1C1(CCNCC1)CN2c1ncnc2c1C(C)CC2. The van der Waals surface area contributed by atoms with Gasteiger partial charge in [0.2, 0.25) is 0 Å². The quantitative estimate of drug-likeness (QED) is 0.856. The molecule has 2 aromatic rings. The van der Waals surface area contributed by atoms with E-state index >= 15 is 0 Å². The number of hydrogen-bond donors (Lipinski definition) is 2. The lowest BCUT2D eigenvalue weighted by Crippen LogP contribution is -2.43. The van der Waals surface area contributed by atoms with Crippen LogP contribution in [0.5, 0.6) is 0 Å². The molecule has 0 amide bonds. The number of rotatable bonds is 2. The van der Waals surface area contributed by atoms with E-state index in [1.54, 1.807) is 6.33 Å². The highest BCUT2D eigenvalue weighted by Gasteiger charge is 2.46. The summed E-state index contributed by atoms with van der Waals surface area (Å²) in [6.45, 7) is 7.18. The van der Waals surface area contributed by atoms with Crippen molar-refractivity contribution < 1.29 is 5.11 Å². The first-order valence-corrected chi connectivity index (χ1v) is 10.2. The molecule has 5 nitrogen and oxygen atoms in total. The van der Waals surface area contributed by atoms with E-state index in [1.165, 1.54) is 22.5 Å². The van der Waals surface area contributed by atoms with E-state index in [-0.39, 0.29) is 5.41 Å². The van der Waals surface area contributed by atoms with Crippen LogP contribution in [0.4, 0.5) is 11.5 Å². The van der Waals surface area contributed by atoms with Crippen LogP contribution in [0.25, 0.3) is 0 Å². The molecule has 0 bridgehead atoms. The van der Waals surface area contributed by atoms with Crippen molar-refractivity contribution in [1.29, 1.82) is 0 Å². The molecule has 142 valence electrons. The van der Waals surface area contributed by atoms with Crippen LogP contribution < -0.4 is 10.2 Å². The number of piperidine rings is 1. The topological polar surface area (TPSA) is 61.3 Å². The summed E-state index contributed by atoms with van der Waals surface area (Å²) < 4.78 is 0. The van der Waals surface area contributed by atoms with Crippen molar-refractivity contribution in [3.63, 3.8) is 0 Å². The molecule has 0 saturated carbocycles. The standard InChI is InChI=1S/C22H28N4O/c1-14-6-7-17-19(14)21(25-13-24-17)26-12-22(8-10-23-11-9-22)20-16(15(2)27)4-3-5-18(20)26/h3-5,13-15,23,27H,6-12H2,1-2H3. The molecular formula is C22H28N4O. The van der Waals surface area contributed by atoms with Gasteiger partial charge in [-0.05, 0) is 68.8 Å². The molecule has 5 heteroatoms. The van der Waals surface area contributed by atoms with Crippen molar-refractivity contribution in [2.24, 2.45) is 0 Å². The Morgan fingerprint density at radius 3 is 2.85 bits per heavy atom. The number of aryl methyl sites for hydroxylation is 1. The largest absolute Gasteiger partial charge is 0.389 e. The lowest BCUT2D eigenvalue weighted by molar-refractivity contribution is 0.194. The highest BCUT2D eigenvalue weighted by Crippen LogP contribution is 2.52. The molecule has 1 aromatic heterocycles. The van der Waals surface area contributed by atoms with Crippen molar-refractivity contribution in [3.8, 4) is 0 Å². The van der Waals surface area contributed by atoms with E-state index < -0.39 is 6.10 Å². The first kappa shape index (κ1) is 17.1. The van der Waals surface area contributed by atoms with Crippen LogP contribution in [-0.4, -0.2) is 34.7 Å². The summed E-state index contributed by atoms with van der Waals surface area (Å²) in [7, 11) is 0. The molecule has 1 fully saturated rings. The Kier molecular flexibility index (Phi) is 3.99. The Hall–Kier alpha value is -1.98. The van der Waals surface area contributed by atoms with Gasteiger partial charge in [0.1, 0.15) is 12.1 Å². The van der Waals surface area contributed by atoms with Crippen LogP contribution in [0, 0.1) is 0 Å². The van der Waals surface area contributed by atoms with E-state index in [4.69, 9.17) is 4.98 Å². The molecule has 3 aliphatic rings. The number of aliphatic hydroxyl groups excluding tert-OH is 1. The van der Waals surface area contributed by atoms with Crippen LogP contribution in [0.2, 0.25) is 0 Å². The van der Waals surface area contributed by atoms with Crippen LogP contribution in [0.1, 0.15) is 67.5 Å². The number of benzene rings is 1. The van der Waals surface area contributed by atoms with Gasteiger partial charge in [0.05, 0.1) is 6.10 Å². The summed E-state index contributed by atoms with van der Waals surface area (Å²) in [5.74, 6) is 1.59. The molecule has 1 spiro atoms. The summed E-state index contributed by atoms with van der Waals surface area (Å²) in [6.07, 6.45) is 5.69. The first-order valence-electron chi connectivity index (χ1n) is 10.2. The van der Waals surface area contributed by atoms with Gasteiger partial charge in [-0.2, -0.15) is 0 Å². The number of fused-ring (bicyclic) bond motifs is 3. The average molecular weight is 364 g/mol. The fourth-order valence-electron chi connectivity index (χ4n) is 5.52. The monoisotopic (exact) mass is 364 g/mol. The summed E-state index contributed by atoms with van der Waals surface area (Å²) in [5, 5.41) is 14.0. The Morgan fingerprint density at radius 2 is 2.07 bits per heavy atom. The molecule has 1 aromatic carbocycles. The van der Waals surface area contributed by atoms with Gasteiger partial charge < -0.3 is 15.3 Å². The number of nitrogens with one attached hydrogen (secondary N) is 1. The zero-order chi connectivity index (χ0) is 18.6. The zero-order valence-electron chi connectivity index (χ0n) is 16.2. The van der Waals surface area contributed by atoms with E-state index in [1.807, 2.05) is 6.92 Å². The van der Waals surface area contributed by atoms with Gasteiger partial charge in [-0.1, -0.05) is 19.1 Å². The molecular weight excluding hydrogens is 336 g/mol. The Labute approximate surface area is 160 Å². The third-order valence-electron chi connectivity index (χ3n) is 6.88. The molecule has 3 heterocycles. The van der Waals surface area contributed by atoms with Gasteiger partial charge in [0.25, 0.3) is 0 Å². The smallest absolute Gasteiger partial charge is 0.140 e. The Morgan fingerprint density at radius 1 is 1.26 bits per heavy atom. The molecule has 2 aliphatic heterocycles. The summed E-state index contributed by atoms with van der Waals surface area (Å²) in [5.41, 5.74) is 6.29. The van der Waals surface area contributed by atoms with Crippen LogP contribution in [0.15, 0.2) is 24.5 Å². The van der Waals surface area contributed by atoms with Crippen molar-refractivity contribution in [2.75, 3.05) is 24.5 Å². The minimum absolute atomic E-state index is 0.0911.